The molecule has 0 spiro atoms. The van der Waals surface area contributed by atoms with Crippen LogP contribution in [0.25, 0.3) is 0 Å². The molecule has 0 radical (unpaired) electrons. The fourth-order valence-corrected chi connectivity index (χ4v) is 2.89. The highest BCUT2D eigenvalue weighted by Gasteiger charge is 2.34. The van der Waals surface area contributed by atoms with Gasteiger partial charge in [0.2, 0.25) is 0 Å². The number of pyridine rings is 1. The van der Waals surface area contributed by atoms with Gasteiger partial charge in [0.15, 0.2) is 0 Å². The molecule has 1 aromatic carbocycles. The lowest BCUT2D eigenvalue weighted by Crippen LogP contribution is -2.07. The van der Waals surface area contributed by atoms with E-state index in [4.69, 9.17) is 0 Å². The summed E-state index contributed by atoms with van der Waals surface area (Å²) in [5.74, 6) is 0. The highest BCUT2D eigenvalue weighted by atomic mass is 79.9. The second-order valence-electron chi connectivity index (χ2n) is 3.76. The first kappa shape index (κ1) is 15.1. The summed E-state index contributed by atoms with van der Waals surface area (Å²) in [4.78, 5) is 14.6. The number of hydrogen-bond acceptors (Lipinski definition) is 3. The fourth-order valence-electron chi connectivity index (χ4n) is 1.48. The van der Waals surface area contributed by atoms with E-state index >= 15 is 0 Å². The maximum Gasteiger partial charge on any atom is 0.417 e. The first-order valence-corrected chi connectivity index (χ1v) is 6.97. The average Bonchev–Trinajstić information content (AvgIpc) is 2.40. The van der Waals surface area contributed by atoms with Gasteiger partial charge in [0.05, 0.1) is 10.0 Å². The molecule has 0 saturated heterocycles. The summed E-state index contributed by atoms with van der Waals surface area (Å²) in [7, 11) is 0. The Balaban J connectivity index is 2.46. The summed E-state index contributed by atoms with van der Waals surface area (Å²) < 4.78 is 39.6. The van der Waals surface area contributed by atoms with E-state index in [2.05, 4.69) is 20.9 Å². The molecule has 20 heavy (non-hydrogen) atoms. The third-order valence-electron chi connectivity index (χ3n) is 2.38. The molecule has 0 aliphatic heterocycles. The van der Waals surface area contributed by atoms with Crippen molar-refractivity contribution < 1.29 is 18.0 Å². The van der Waals surface area contributed by atoms with Gasteiger partial charge in [-0.3, -0.25) is 4.79 Å². The largest absolute Gasteiger partial charge is 0.417 e. The van der Waals surface area contributed by atoms with Crippen molar-refractivity contribution in [2.45, 2.75) is 16.1 Å². The van der Waals surface area contributed by atoms with Crippen molar-refractivity contribution in [3.8, 4) is 0 Å². The van der Waals surface area contributed by atoms with Crippen molar-refractivity contribution in [2.75, 3.05) is 0 Å². The molecular formula is C13H7BrF3NOS. The molecule has 2 rings (SSSR count). The van der Waals surface area contributed by atoms with Gasteiger partial charge in [-0.15, -0.1) is 0 Å². The zero-order valence-corrected chi connectivity index (χ0v) is 12.2. The Morgan fingerprint density at radius 2 is 2.00 bits per heavy atom. The quantitative estimate of drug-likeness (QED) is 0.733. The number of nitrogens with zero attached hydrogens (tertiary/aromatic N) is 1. The highest BCUT2D eigenvalue weighted by Crippen LogP contribution is 2.40. The van der Waals surface area contributed by atoms with Crippen molar-refractivity contribution >= 4 is 34.0 Å². The van der Waals surface area contributed by atoms with Gasteiger partial charge >= 0.3 is 6.18 Å². The Labute approximate surface area is 125 Å². The second kappa shape index (κ2) is 5.97. The molecule has 0 N–H and O–H groups in total. The van der Waals surface area contributed by atoms with Crippen LogP contribution >= 0.6 is 27.7 Å². The van der Waals surface area contributed by atoms with Gasteiger partial charge in [0.25, 0.3) is 0 Å². The number of carbonyl (C=O) groups excluding carboxylic acids is 1. The predicted molar refractivity (Wildman–Crippen MR) is 72.9 cm³/mol. The fraction of sp³-hybridized carbons (Fsp3) is 0.0769. The predicted octanol–water partition coefficient (Wildman–Crippen LogP) is 4.83. The van der Waals surface area contributed by atoms with E-state index in [0.717, 1.165) is 17.8 Å². The Bertz CT molecular complexity index is 646. The molecule has 1 aromatic heterocycles. The van der Waals surface area contributed by atoms with Crippen LogP contribution in [0.1, 0.15) is 15.9 Å². The number of benzene rings is 1. The highest BCUT2D eigenvalue weighted by molar-refractivity contribution is 9.10. The minimum absolute atomic E-state index is 0.00231. The number of aromatic nitrogens is 1. The number of alkyl halides is 3. The van der Waals surface area contributed by atoms with E-state index in [1.165, 1.54) is 18.3 Å². The summed E-state index contributed by atoms with van der Waals surface area (Å²) in [6.07, 6.45) is -2.64. The van der Waals surface area contributed by atoms with Crippen LogP contribution in [0.4, 0.5) is 13.2 Å². The van der Waals surface area contributed by atoms with Crippen LogP contribution in [0.5, 0.6) is 0 Å². The van der Waals surface area contributed by atoms with Crippen LogP contribution in [-0.2, 0) is 6.18 Å². The van der Waals surface area contributed by atoms with E-state index < -0.39 is 11.7 Å². The minimum Gasteiger partial charge on any atom is -0.298 e. The van der Waals surface area contributed by atoms with E-state index in [0.29, 0.717) is 15.8 Å². The average molecular weight is 362 g/mol. The standard InChI is InChI=1S/C13H7BrF3NOS/c14-10-2-1-5-18-12(10)20-11-4-3-8(7-19)6-9(11)13(15,16)17/h1-7H. The Morgan fingerprint density at radius 3 is 2.60 bits per heavy atom. The van der Waals surface area contributed by atoms with Gasteiger partial charge in [0.1, 0.15) is 11.3 Å². The molecule has 1 heterocycles. The summed E-state index contributed by atoms with van der Waals surface area (Å²) >= 11 is 4.13. The van der Waals surface area contributed by atoms with Crippen LogP contribution in [0.2, 0.25) is 0 Å². The molecule has 0 unspecified atom stereocenters. The number of carbonyl (C=O) groups is 1. The van der Waals surface area contributed by atoms with Crippen molar-refractivity contribution in [1.29, 1.82) is 0 Å². The summed E-state index contributed by atoms with van der Waals surface area (Å²) in [5, 5.41) is 0.428. The first-order chi connectivity index (χ1) is 9.41. The van der Waals surface area contributed by atoms with Gasteiger partial charge in [-0.05, 0) is 40.2 Å². The van der Waals surface area contributed by atoms with Gasteiger partial charge in [-0.2, -0.15) is 13.2 Å². The van der Waals surface area contributed by atoms with E-state index in [1.807, 2.05) is 0 Å². The lowest BCUT2D eigenvalue weighted by atomic mass is 10.1. The van der Waals surface area contributed by atoms with Crippen molar-refractivity contribution in [2.24, 2.45) is 0 Å². The molecule has 0 aliphatic carbocycles. The van der Waals surface area contributed by atoms with Crippen molar-refractivity contribution in [3.63, 3.8) is 0 Å². The number of aldehydes is 1. The SMILES string of the molecule is O=Cc1ccc(Sc2ncccc2Br)c(C(F)(F)F)c1. The van der Waals surface area contributed by atoms with Crippen molar-refractivity contribution in [3.05, 3.63) is 52.1 Å². The van der Waals surface area contributed by atoms with Crippen LogP contribution in [0.15, 0.2) is 50.9 Å². The molecular weight excluding hydrogens is 355 g/mol. The molecule has 0 aliphatic rings. The number of hydrogen-bond donors (Lipinski definition) is 0. The summed E-state index contributed by atoms with van der Waals surface area (Å²) in [6.45, 7) is 0. The van der Waals surface area contributed by atoms with E-state index in [-0.39, 0.29) is 10.5 Å². The molecule has 0 saturated carbocycles. The zero-order valence-electron chi connectivity index (χ0n) is 9.82. The van der Waals surface area contributed by atoms with E-state index in [9.17, 15) is 18.0 Å². The summed E-state index contributed by atoms with van der Waals surface area (Å²) in [5.41, 5.74) is -0.855. The maximum atomic E-state index is 13.0. The molecule has 2 aromatic rings. The molecule has 7 heteroatoms. The minimum atomic E-state index is -4.53. The van der Waals surface area contributed by atoms with Crippen LogP contribution < -0.4 is 0 Å². The van der Waals surface area contributed by atoms with Crippen molar-refractivity contribution in [1.82, 2.24) is 4.98 Å². The lowest BCUT2D eigenvalue weighted by molar-refractivity contribution is -0.139. The third-order valence-corrected chi connectivity index (χ3v) is 4.37. The molecule has 2 nitrogen and oxygen atoms in total. The van der Waals surface area contributed by atoms with E-state index in [1.54, 1.807) is 12.1 Å². The van der Waals surface area contributed by atoms with Crippen LogP contribution in [0, 0.1) is 0 Å². The second-order valence-corrected chi connectivity index (χ2v) is 5.65. The van der Waals surface area contributed by atoms with Gasteiger partial charge in [0, 0.05) is 16.7 Å². The number of rotatable bonds is 3. The molecule has 0 fully saturated rings. The first-order valence-electron chi connectivity index (χ1n) is 5.36. The lowest BCUT2D eigenvalue weighted by Gasteiger charge is -2.13. The Morgan fingerprint density at radius 1 is 1.25 bits per heavy atom. The normalized spacial score (nSPS) is 11.4. The Kier molecular flexibility index (Phi) is 4.49. The number of halogens is 4. The summed E-state index contributed by atoms with van der Waals surface area (Å²) in [6, 6.07) is 6.84. The monoisotopic (exact) mass is 361 g/mol. The van der Waals surface area contributed by atoms with Crippen LogP contribution in [-0.4, -0.2) is 11.3 Å². The third kappa shape index (κ3) is 3.40. The van der Waals surface area contributed by atoms with Crippen LogP contribution in [0.3, 0.4) is 0 Å². The van der Waals surface area contributed by atoms with Gasteiger partial charge < -0.3 is 0 Å². The molecule has 104 valence electrons. The smallest absolute Gasteiger partial charge is 0.298 e. The molecule has 0 amide bonds. The Hall–Kier alpha value is -1.34. The van der Waals surface area contributed by atoms with Gasteiger partial charge in [-0.1, -0.05) is 17.8 Å². The topological polar surface area (TPSA) is 30.0 Å². The zero-order chi connectivity index (χ0) is 14.8. The maximum absolute atomic E-state index is 13.0. The molecule has 0 bridgehead atoms. The van der Waals surface area contributed by atoms with Gasteiger partial charge in [-0.25, -0.2) is 4.98 Å². The molecule has 0 atom stereocenters.